The molecule has 1 aromatic rings. The van der Waals surface area contributed by atoms with Crippen LogP contribution in [0.15, 0.2) is 35.4 Å². The van der Waals surface area contributed by atoms with Crippen LogP contribution in [0.2, 0.25) is 0 Å². The molecule has 0 bridgehead atoms. The molecule has 1 aromatic carbocycles. The van der Waals surface area contributed by atoms with Gasteiger partial charge >= 0.3 is 11.9 Å². The van der Waals surface area contributed by atoms with Gasteiger partial charge in [-0.25, -0.2) is 0 Å². The van der Waals surface area contributed by atoms with Gasteiger partial charge in [0, 0.05) is 49.0 Å². The van der Waals surface area contributed by atoms with Crippen LogP contribution in [0.4, 0.5) is 0 Å². The van der Waals surface area contributed by atoms with E-state index in [1.165, 1.54) is 0 Å². The fourth-order valence-corrected chi connectivity index (χ4v) is 16.1. The van der Waals surface area contributed by atoms with Gasteiger partial charge in [0.2, 0.25) is 5.91 Å². The molecule has 1 heterocycles. The summed E-state index contributed by atoms with van der Waals surface area (Å²) in [6, 6.07) is 6.89. The van der Waals surface area contributed by atoms with Crippen LogP contribution in [0.25, 0.3) is 0 Å². The topological polar surface area (TPSA) is 181 Å². The number of aliphatic hydroxyl groups is 1. The van der Waals surface area contributed by atoms with Crippen molar-refractivity contribution in [3.05, 3.63) is 41.0 Å². The van der Waals surface area contributed by atoms with Crippen LogP contribution < -0.4 is 15.4 Å². The number of nitrogens with one attached hydrogen (secondary N) is 2. The molecule has 1 saturated heterocycles. The van der Waals surface area contributed by atoms with Gasteiger partial charge in [0.1, 0.15) is 24.0 Å². The minimum absolute atomic E-state index is 0.000115. The lowest BCUT2D eigenvalue weighted by Crippen LogP contribution is -2.66. The molecular weight excluding hydrogens is 875 g/mol. The summed E-state index contributed by atoms with van der Waals surface area (Å²) in [6.07, 6.45) is 6.47. The Morgan fingerprint density at radius 1 is 0.855 bits per heavy atom. The number of morpholine rings is 1. The summed E-state index contributed by atoms with van der Waals surface area (Å²) in [4.78, 5) is 69.5. The molecule has 0 unspecified atom stereocenters. The average Bonchev–Trinajstić information content (AvgIpc) is 3.59. The van der Waals surface area contributed by atoms with Crippen molar-refractivity contribution >= 4 is 29.5 Å². The standard InChI is InChI=1S/C56H83N3O10/c1-33(2)44-39(60)31-56(42(61)32-57-49(66)52(7,8)58-46(62)34-12-14-35(15-13-34)68-29-26-59-24-27-67-28-25-59)23-22-54(10)36(45(44)56)16-17-41-53(9)20-19-43(51(5,6)40(53)18-21-55(41,54)11)69-48(65)38-30-37(47(63)64)50(38,3)4/h12-15,33,36-38,40-43,61H,16-32H2,1-11H3,(H,57,66)(H,58,62)(H,63,64)/t36-,37+,38-,40+,41-,42+,43+,53+,54-,55-,56+/m1/s1. The van der Waals surface area contributed by atoms with Gasteiger partial charge in [0.15, 0.2) is 5.78 Å². The van der Waals surface area contributed by atoms with E-state index in [1.54, 1.807) is 38.1 Å². The molecule has 1 aliphatic heterocycles. The van der Waals surface area contributed by atoms with Gasteiger partial charge in [0.05, 0.1) is 31.2 Å². The van der Waals surface area contributed by atoms with E-state index in [0.29, 0.717) is 42.6 Å². The van der Waals surface area contributed by atoms with E-state index in [2.05, 4.69) is 64.0 Å². The van der Waals surface area contributed by atoms with Crippen molar-refractivity contribution in [2.24, 2.45) is 68.0 Å². The van der Waals surface area contributed by atoms with E-state index in [-0.39, 0.29) is 64.3 Å². The first kappa shape index (κ1) is 51.5. The number of hydrogen-bond acceptors (Lipinski definition) is 10. The number of carboxylic acids is 1. The van der Waals surface area contributed by atoms with Gasteiger partial charge in [0.25, 0.3) is 5.91 Å². The van der Waals surface area contributed by atoms with E-state index in [4.69, 9.17) is 14.2 Å². The number of amides is 2. The van der Waals surface area contributed by atoms with Crippen LogP contribution >= 0.6 is 0 Å². The first-order chi connectivity index (χ1) is 32.2. The van der Waals surface area contributed by atoms with Gasteiger partial charge in [-0.15, -0.1) is 0 Å². The molecule has 13 heteroatoms. The van der Waals surface area contributed by atoms with Crippen molar-refractivity contribution in [3.8, 4) is 5.75 Å². The Morgan fingerprint density at radius 3 is 2.17 bits per heavy atom. The number of ether oxygens (including phenoxy) is 3. The quantitative estimate of drug-likeness (QED) is 0.133. The van der Waals surface area contributed by atoms with Crippen LogP contribution in [0.3, 0.4) is 0 Å². The summed E-state index contributed by atoms with van der Waals surface area (Å²) in [5.74, 6) is -1.28. The number of hydrogen-bond donors (Lipinski definition) is 4. The first-order valence-corrected chi connectivity index (χ1v) is 26.3. The molecule has 2 amide bonds. The molecule has 0 aromatic heterocycles. The van der Waals surface area contributed by atoms with E-state index in [9.17, 15) is 34.2 Å². The fourth-order valence-electron chi connectivity index (χ4n) is 16.1. The Kier molecular flexibility index (Phi) is 13.7. The van der Waals surface area contributed by atoms with Gasteiger partial charge in [-0.2, -0.15) is 0 Å². The third-order valence-corrected chi connectivity index (χ3v) is 20.5. The Bertz CT molecular complexity index is 2210. The van der Waals surface area contributed by atoms with Crippen molar-refractivity contribution in [1.29, 1.82) is 0 Å². The van der Waals surface area contributed by atoms with Crippen molar-refractivity contribution in [2.75, 3.05) is 46.0 Å². The lowest BCUT2D eigenvalue weighted by Gasteiger charge is -2.72. The number of aliphatic carboxylic acids is 1. The number of allylic oxidation sites excluding steroid dienone is 1. The summed E-state index contributed by atoms with van der Waals surface area (Å²) < 4.78 is 17.8. The monoisotopic (exact) mass is 958 g/mol. The molecule has 69 heavy (non-hydrogen) atoms. The average molecular weight is 958 g/mol. The van der Waals surface area contributed by atoms with Crippen molar-refractivity contribution in [2.45, 2.75) is 158 Å². The van der Waals surface area contributed by atoms with Gasteiger partial charge in [-0.1, -0.05) is 67.9 Å². The fraction of sp³-hybridized carbons (Fsp3) is 0.768. The second-order valence-corrected chi connectivity index (χ2v) is 25.3. The molecule has 0 spiro atoms. The van der Waals surface area contributed by atoms with E-state index in [1.807, 2.05) is 13.8 Å². The third kappa shape index (κ3) is 8.57. The molecule has 4 N–H and O–H groups in total. The predicted molar refractivity (Wildman–Crippen MR) is 262 cm³/mol. The van der Waals surface area contributed by atoms with Gasteiger partial charge < -0.3 is 35.1 Å². The second kappa shape index (κ2) is 18.3. The Labute approximate surface area is 411 Å². The SMILES string of the molecule is CC(C)C1=C2[C@H]3CC[C@@H]4[C@@]5(C)CC[C@H](OC(=O)[C@H]6C[C@@H](C(=O)O)C6(C)C)C(C)(C)[C@@H]5CC[C@@]4(C)[C@]3(C)CC[C@@]2([C@@H](O)CNC(=O)C(C)(C)NC(=O)c2ccc(OCCN3CCOCC3)cc2)CC1=O. The van der Waals surface area contributed by atoms with E-state index >= 15 is 0 Å². The smallest absolute Gasteiger partial charge is 0.309 e. The largest absolute Gasteiger partial charge is 0.492 e. The van der Waals surface area contributed by atoms with Crippen molar-refractivity contribution in [1.82, 2.24) is 15.5 Å². The Balaban J connectivity index is 0.934. The number of carboxylic acid groups (broad SMARTS) is 1. The number of rotatable bonds is 14. The zero-order valence-corrected chi connectivity index (χ0v) is 43.6. The first-order valence-electron chi connectivity index (χ1n) is 26.3. The predicted octanol–water partition coefficient (Wildman–Crippen LogP) is 8.02. The number of esters is 1. The van der Waals surface area contributed by atoms with Crippen LogP contribution in [0, 0.1) is 68.0 Å². The maximum absolute atomic E-state index is 14.3. The zero-order valence-electron chi connectivity index (χ0n) is 43.6. The highest BCUT2D eigenvalue weighted by atomic mass is 16.5. The highest BCUT2D eigenvalue weighted by molar-refractivity contribution is 6.01. The van der Waals surface area contributed by atoms with Crippen LogP contribution in [0.1, 0.15) is 151 Å². The normalized spacial score (nSPS) is 36.4. The van der Waals surface area contributed by atoms with Gasteiger partial charge in [-0.05, 0) is 147 Å². The summed E-state index contributed by atoms with van der Waals surface area (Å²) in [5.41, 5.74) is -0.789. The summed E-state index contributed by atoms with van der Waals surface area (Å²) in [7, 11) is 0. The summed E-state index contributed by atoms with van der Waals surface area (Å²) >= 11 is 0. The van der Waals surface area contributed by atoms with Crippen LogP contribution in [-0.4, -0.2) is 108 Å². The number of aliphatic hydroxyl groups excluding tert-OH is 1. The molecule has 6 aliphatic carbocycles. The zero-order chi connectivity index (χ0) is 50.3. The lowest BCUT2D eigenvalue weighted by atomic mass is 9.33. The molecule has 8 rings (SSSR count). The van der Waals surface area contributed by atoms with Crippen LogP contribution in [0.5, 0.6) is 5.75 Å². The van der Waals surface area contributed by atoms with Crippen molar-refractivity contribution < 1.29 is 48.4 Å². The summed E-state index contributed by atoms with van der Waals surface area (Å²) in [6.45, 7) is 27.8. The number of carbonyl (C=O) groups is 5. The number of nitrogens with zero attached hydrogens (tertiary/aromatic N) is 1. The van der Waals surface area contributed by atoms with Gasteiger partial charge in [-0.3, -0.25) is 28.9 Å². The lowest BCUT2D eigenvalue weighted by molar-refractivity contribution is -0.238. The minimum Gasteiger partial charge on any atom is -0.492 e. The van der Waals surface area contributed by atoms with Crippen molar-refractivity contribution in [3.63, 3.8) is 0 Å². The Hall–Kier alpha value is -3.81. The highest BCUT2D eigenvalue weighted by Gasteiger charge is 2.71. The molecule has 11 atom stereocenters. The maximum atomic E-state index is 14.3. The maximum Gasteiger partial charge on any atom is 0.309 e. The highest BCUT2D eigenvalue weighted by Crippen LogP contribution is 2.77. The molecule has 6 fully saturated rings. The molecule has 7 aliphatic rings. The number of carbonyl (C=O) groups excluding carboxylic acids is 4. The van der Waals surface area contributed by atoms with E-state index in [0.717, 1.165) is 88.9 Å². The molecule has 0 radical (unpaired) electrons. The number of Topliss-reactive ketones (excluding diaryl/α,β-unsaturated/α-hetero) is 1. The number of fused-ring (bicyclic) bond motifs is 7. The summed E-state index contributed by atoms with van der Waals surface area (Å²) in [5, 5.41) is 28.0. The molecule has 5 saturated carbocycles. The molecular formula is C56H83N3O10. The van der Waals surface area contributed by atoms with E-state index < -0.39 is 52.1 Å². The van der Waals surface area contributed by atoms with Crippen LogP contribution in [-0.2, 0) is 28.7 Å². The number of ketones is 1. The number of benzene rings is 1. The molecule has 382 valence electrons. The molecule has 13 nitrogen and oxygen atoms in total. The third-order valence-electron chi connectivity index (χ3n) is 20.5. The minimum atomic E-state index is -1.30. The second-order valence-electron chi connectivity index (χ2n) is 25.3. The Morgan fingerprint density at radius 2 is 1.54 bits per heavy atom.